The summed E-state index contributed by atoms with van der Waals surface area (Å²) in [6.07, 6.45) is -2.96. The molecule has 8 nitrogen and oxygen atoms in total. The second-order valence-corrected chi connectivity index (χ2v) is 9.30. The number of carbonyl (C=O) groups excluding carboxylic acids is 1. The number of aromatic nitrogens is 3. The third-order valence-corrected chi connectivity index (χ3v) is 6.33. The van der Waals surface area contributed by atoms with E-state index in [1.807, 2.05) is 6.07 Å². The number of anilines is 3. The van der Waals surface area contributed by atoms with Crippen molar-refractivity contribution < 1.29 is 23.1 Å². The van der Waals surface area contributed by atoms with Crippen LogP contribution in [0.1, 0.15) is 11.1 Å². The average Bonchev–Trinajstić information content (AvgIpc) is 3.28. The van der Waals surface area contributed by atoms with Crippen LogP contribution >= 0.6 is 15.9 Å². The van der Waals surface area contributed by atoms with Gasteiger partial charge in [-0.3, -0.25) is 0 Å². The second kappa shape index (κ2) is 10.7. The largest absolute Gasteiger partial charge is 0.507 e. The van der Waals surface area contributed by atoms with Crippen molar-refractivity contribution in [3.05, 3.63) is 101 Å². The van der Waals surface area contributed by atoms with Gasteiger partial charge >= 0.3 is 12.2 Å². The highest BCUT2D eigenvalue weighted by Crippen LogP contribution is 2.35. The standard InChI is InChI=1S/C27H20BrF3N6O2/c28-20-15-33-37-24(13-22(35-25(20)37)18-5-1-4-8-23(18)38)32-14-16-9-11-17(12-10-16)34-26(39)36-21-7-3-2-6-19(21)27(29,30)31/h1-13,15,32,38H,14H2,(H2,34,36,39). The van der Waals surface area contributed by atoms with Crippen LogP contribution < -0.4 is 16.0 Å². The van der Waals surface area contributed by atoms with Crippen LogP contribution in [0, 0.1) is 0 Å². The van der Waals surface area contributed by atoms with Gasteiger partial charge in [0.25, 0.3) is 0 Å². The Morgan fingerprint density at radius 2 is 1.69 bits per heavy atom. The fraction of sp³-hybridized carbons (Fsp3) is 0.0741. The molecule has 2 aromatic heterocycles. The van der Waals surface area contributed by atoms with Crippen LogP contribution in [0.25, 0.3) is 16.9 Å². The van der Waals surface area contributed by atoms with E-state index in [-0.39, 0.29) is 11.4 Å². The third kappa shape index (κ3) is 5.80. The maximum absolute atomic E-state index is 13.2. The minimum atomic E-state index is -4.59. The molecule has 5 rings (SSSR count). The number of hydrogen-bond donors (Lipinski definition) is 4. The number of hydrogen-bond acceptors (Lipinski definition) is 5. The number of benzene rings is 3. The van der Waals surface area contributed by atoms with E-state index in [2.05, 4.69) is 42.0 Å². The zero-order valence-electron chi connectivity index (χ0n) is 20.0. The van der Waals surface area contributed by atoms with Gasteiger partial charge in [0.1, 0.15) is 11.6 Å². The maximum Gasteiger partial charge on any atom is 0.418 e. The Kier molecular flexibility index (Phi) is 7.11. The summed E-state index contributed by atoms with van der Waals surface area (Å²) >= 11 is 3.45. The predicted molar refractivity (Wildman–Crippen MR) is 146 cm³/mol. The summed E-state index contributed by atoms with van der Waals surface area (Å²) < 4.78 is 41.9. The molecule has 198 valence electrons. The van der Waals surface area contributed by atoms with Crippen molar-refractivity contribution in [2.45, 2.75) is 12.7 Å². The minimum absolute atomic E-state index is 0.102. The summed E-state index contributed by atoms with van der Waals surface area (Å²) in [4.78, 5) is 16.9. The number of alkyl halides is 3. The molecule has 0 aliphatic carbocycles. The fourth-order valence-corrected chi connectivity index (χ4v) is 4.26. The molecule has 0 aliphatic heterocycles. The number of nitrogens with one attached hydrogen (secondary N) is 3. The highest BCUT2D eigenvalue weighted by atomic mass is 79.9. The van der Waals surface area contributed by atoms with Gasteiger partial charge in [-0.1, -0.05) is 36.4 Å². The SMILES string of the molecule is O=C(Nc1ccc(CNc2cc(-c3ccccc3O)nc3c(Br)cnn23)cc1)Nc1ccccc1C(F)(F)F. The first-order valence-electron chi connectivity index (χ1n) is 11.6. The quantitative estimate of drug-likeness (QED) is 0.167. The van der Waals surface area contributed by atoms with Gasteiger partial charge in [0, 0.05) is 23.9 Å². The Morgan fingerprint density at radius 3 is 2.44 bits per heavy atom. The van der Waals surface area contributed by atoms with Gasteiger partial charge in [0.2, 0.25) is 0 Å². The van der Waals surface area contributed by atoms with E-state index in [1.54, 1.807) is 59.2 Å². The number of phenols is 1. The molecule has 0 unspecified atom stereocenters. The molecule has 2 heterocycles. The molecule has 12 heteroatoms. The van der Waals surface area contributed by atoms with Crippen molar-refractivity contribution in [3.8, 4) is 17.0 Å². The minimum Gasteiger partial charge on any atom is -0.507 e. The van der Waals surface area contributed by atoms with Crippen LogP contribution in [0.5, 0.6) is 5.75 Å². The normalized spacial score (nSPS) is 11.4. The molecular formula is C27H20BrF3N6O2. The maximum atomic E-state index is 13.2. The van der Waals surface area contributed by atoms with Gasteiger partial charge in [-0.15, -0.1) is 0 Å². The van der Waals surface area contributed by atoms with Gasteiger partial charge < -0.3 is 21.1 Å². The molecule has 0 fully saturated rings. The van der Waals surface area contributed by atoms with Crippen LogP contribution in [-0.4, -0.2) is 25.7 Å². The number of urea groups is 1. The molecule has 4 N–H and O–H groups in total. The summed E-state index contributed by atoms with van der Waals surface area (Å²) in [5, 5.41) is 22.7. The Morgan fingerprint density at radius 1 is 0.974 bits per heavy atom. The zero-order valence-corrected chi connectivity index (χ0v) is 21.6. The topological polar surface area (TPSA) is 104 Å². The number of nitrogens with zero attached hydrogens (tertiary/aromatic N) is 3. The lowest BCUT2D eigenvalue weighted by Gasteiger charge is -2.14. The van der Waals surface area contributed by atoms with E-state index in [0.29, 0.717) is 39.4 Å². The summed E-state index contributed by atoms with van der Waals surface area (Å²) in [5.74, 6) is 0.735. The van der Waals surface area contributed by atoms with Gasteiger partial charge in [-0.25, -0.2) is 9.78 Å². The molecule has 0 saturated carbocycles. The van der Waals surface area contributed by atoms with Gasteiger partial charge in [0.05, 0.1) is 27.6 Å². The Hall–Kier alpha value is -4.58. The fourth-order valence-electron chi connectivity index (χ4n) is 3.91. The summed E-state index contributed by atoms with van der Waals surface area (Å²) in [5.41, 5.74) is 1.70. The number of phenolic OH excluding ortho intramolecular Hbond substituents is 1. The highest BCUT2D eigenvalue weighted by molar-refractivity contribution is 9.10. The summed E-state index contributed by atoms with van der Waals surface area (Å²) in [7, 11) is 0. The van der Waals surface area contributed by atoms with Crippen LogP contribution in [-0.2, 0) is 12.7 Å². The van der Waals surface area contributed by atoms with Crippen molar-refractivity contribution in [3.63, 3.8) is 0 Å². The third-order valence-electron chi connectivity index (χ3n) is 5.77. The predicted octanol–water partition coefficient (Wildman–Crippen LogP) is 7.14. The number of aromatic hydroxyl groups is 1. The van der Waals surface area contributed by atoms with E-state index in [9.17, 15) is 23.1 Å². The molecule has 0 atom stereocenters. The summed E-state index contributed by atoms with van der Waals surface area (Å²) in [6, 6.07) is 19.5. The van der Waals surface area contributed by atoms with Gasteiger partial charge in [-0.2, -0.15) is 22.8 Å². The van der Waals surface area contributed by atoms with E-state index in [0.717, 1.165) is 11.6 Å². The molecule has 0 bridgehead atoms. The van der Waals surface area contributed by atoms with Crippen molar-refractivity contribution in [1.29, 1.82) is 0 Å². The molecule has 3 aromatic carbocycles. The van der Waals surface area contributed by atoms with Crippen molar-refractivity contribution in [1.82, 2.24) is 14.6 Å². The number of para-hydroxylation sites is 2. The van der Waals surface area contributed by atoms with E-state index < -0.39 is 17.8 Å². The van der Waals surface area contributed by atoms with Crippen molar-refractivity contribution >= 4 is 44.8 Å². The molecular weight excluding hydrogens is 577 g/mol. The molecule has 5 aromatic rings. The lowest BCUT2D eigenvalue weighted by Crippen LogP contribution is -2.21. The second-order valence-electron chi connectivity index (χ2n) is 8.44. The molecule has 0 radical (unpaired) electrons. The van der Waals surface area contributed by atoms with E-state index in [4.69, 9.17) is 0 Å². The first-order chi connectivity index (χ1) is 18.7. The number of amides is 2. The molecule has 39 heavy (non-hydrogen) atoms. The molecule has 2 amide bonds. The smallest absolute Gasteiger partial charge is 0.418 e. The van der Waals surface area contributed by atoms with Crippen LogP contribution in [0.2, 0.25) is 0 Å². The molecule has 0 saturated heterocycles. The molecule has 0 spiro atoms. The number of carbonyl (C=O) groups is 1. The zero-order chi connectivity index (χ0) is 27.6. The van der Waals surface area contributed by atoms with Crippen LogP contribution in [0.4, 0.5) is 35.2 Å². The van der Waals surface area contributed by atoms with Crippen LogP contribution in [0.3, 0.4) is 0 Å². The average molecular weight is 597 g/mol. The van der Waals surface area contributed by atoms with Crippen molar-refractivity contribution in [2.24, 2.45) is 0 Å². The number of fused-ring (bicyclic) bond motifs is 1. The Labute approximate surface area is 228 Å². The van der Waals surface area contributed by atoms with Gasteiger partial charge in [-0.05, 0) is 57.9 Å². The Bertz CT molecular complexity index is 1650. The first-order valence-corrected chi connectivity index (χ1v) is 12.4. The lowest BCUT2D eigenvalue weighted by molar-refractivity contribution is -0.136. The number of halogens is 4. The van der Waals surface area contributed by atoms with E-state index in [1.165, 1.54) is 18.2 Å². The Balaban J connectivity index is 1.28. The van der Waals surface area contributed by atoms with Crippen molar-refractivity contribution in [2.75, 3.05) is 16.0 Å². The van der Waals surface area contributed by atoms with E-state index >= 15 is 0 Å². The highest BCUT2D eigenvalue weighted by Gasteiger charge is 2.33. The monoisotopic (exact) mass is 596 g/mol. The molecule has 0 aliphatic rings. The summed E-state index contributed by atoms with van der Waals surface area (Å²) in [6.45, 7) is 0.391. The first kappa shape index (κ1) is 26.0. The van der Waals surface area contributed by atoms with Gasteiger partial charge in [0.15, 0.2) is 5.65 Å². The van der Waals surface area contributed by atoms with Crippen LogP contribution in [0.15, 0.2) is 89.5 Å². The number of rotatable bonds is 6. The lowest BCUT2D eigenvalue weighted by atomic mass is 10.1.